The van der Waals surface area contributed by atoms with Crippen molar-refractivity contribution in [3.63, 3.8) is 0 Å². The Kier molecular flexibility index (Phi) is 5.65. The highest BCUT2D eigenvalue weighted by atomic mass is 16.5. The minimum Gasteiger partial charge on any atom is -0.508 e. The first-order chi connectivity index (χ1) is 15.3. The van der Waals surface area contributed by atoms with E-state index in [0.29, 0.717) is 22.9 Å². The summed E-state index contributed by atoms with van der Waals surface area (Å²) >= 11 is 0. The highest BCUT2D eigenvalue weighted by Crippen LogP contribution is 2.46. The van der Waals surface area contributed by atoms with Crippen LogP contribution in [0.1, 0.15) is 16.7 Å². The first-order valence-corrected chi connectivity index (χ1v) is 10.3. The summed E-state index contributed by atoms with van der Waals surface area (Å²) in [5.74, 6) is 1.51. The normalized spacial score (nSPS) is 10.7. The number of phenolic OH excluding ortho intramolecular Hbond substituents is 3. The molecule has 0 aliphatic carbocycles. The molecule has 0 amide bonds. The minimum absolute atomic E-state index is 0.114. The lowest BCUT2D eigenvalue weighted by Crippen LogP contribution is -2.13. The van der Waals surface area contributed by atoms with E-state index in [-0.39, 0.29) is 17.2 Å². The average molecular weight is 428 g/mol. The molecule has 0 unspecified atom stereocenters. The quantitative estimate of drug-likeness (QED) is 0.320. The summed E-state index contributed by atoms with van der Waals surface area (Å²) in [6.07, 6.45) is 0. The lowest BCUT2D eigenvalue weighted by molar-refractivity contribution is 0.454. The number of para-hydroxylation sites is 2. The molecule has 3 N–H and O–H groups in total. The second-order valence-electron chi connectivity index (χ2n) is 7.82. The van der Waals surface area contributed by atoms with Crippen LogP contribution in [-0.4, -0.2) is 15.3 Å². The number of anilines is 3. The zero-order valence-electron chi connectivity index (χ0n) is 18.2. The van der Waals surface area contributed by atoms with Crippen LogP contribution in [0.3, 0.4) is 0 Å². The van der Waals surface area contributed by atoms with Crippen LogP contribution in [-0.2, 0) is 0 Å². The van der Waals surface area contributed by atoms with E-state index in [1.807, 2.05) is 68.1 Å². The Morgan fingerprint density at radius 2 is 1.19 bits per heavy atom. The summed E-state index contributed by atoms with van der Waals surface area (Å²) in [5, 5.41) is 31.2. The van der Waals surface area contributed by atoms with Crippen LogP contribution >= 0.6 is 0 Å². The number of rotatable bonds is 5. The van der Waals surface area contributed by atoms with E-state index < -0.39 is 0 Å². The maximum atomic E-state index is 10.7. The number of benzene rings is 4. The lowest BCUT2D eigenvalue weighted by atomic mass is 10.1. The highest BCUT2D eigenvalue weighted by molar-refractivity contribution is 5.86. The summed E-state index contributed by atoms with van der Waals surface area (Å²) < 4.78 is 5.90. The Morgan fingerprint density at radius 1 is 0.625 bits per heavy atom. The second kappa shape index (κ2) is 8.55. The first-order valence-electron chi connectivity index (χ1n) is 10.3. The molecule has 4 rings (SSSR count). The summed E-state index contributed by atoms with van der Waals surface area (Å²) in [5.41, 5.74) is 4.56. The molecule has 0 aliphatic heterocycles. The molecule has 32 heavy (non-hydrogen) atoms. The Morgan fingerprint density at radius 3 is 1.69 bits per heavy atom. The predicted molar refractivity (Wildman–Crippen MR) is 127 cm³/mol. The zero-order valence-corrected chi connectivity index (χ0v) is 18.2. The molecule has 0 heterocycles. The lowest BCUT2D eigenvalue weighted by Gasteiger charge is -2.29. The van der Waals surface area contributed by atoms with Gasteiger partial charge >= 0.3 is 0 Å². The molecular formula is C27H25NO4. The summed E-state index contributed by atoms with van der Waals surface area (Å²) in [4.78, 5) is 1.84. The fourth-order valence-corrected chi connectivity index (χ4v) is 3.83. The molecule has 0 saturated carbocycles. The zero-order chi connectivity index (χ0) is 22.8. The number of ether oxygens (including phenoxy) is 1. The maximum absolute atomic E-state index is 10.7. The van der Waals surface area contributed by atoms with Gasteiger partial charge < -0.3 is 25.0 Å². The smallest absolute Gasteiger partial charge is 0.139 e. The maximum Gasteiger partial charge on any atom is 0.139 e. The molecule has 5 heteroatoms. The van der Waals surface area contributed by atoms with E-state index in [1.165, 1.54) is 0 Å². The Hall–Kier alpha value is -4.12. The third kappa shape index (κ3) is 4.18. The standard InChI is InChI=1S/C27H25NO4/c1-17-14-21(29)16-23(15-17)32-22-12-10-20(11-13-22)28(26-18(2)6-4-8-24(26)30)27-19(3)7-5-9-25(27)31/h4-16,29-31H,1-3H3. The second-order valence-corrected chi connectivity index (χ2v) is 7.82. The van der Waals surface area contributed by atoms with Crippen molar-refractivity contribution in [1.82, 2.24) is 0 Å². The van der Waals surface area contributed by atoms with Gasteiger partial charge in [0.25, 0.3) is 0 Å². The molecule has 0 fully saturated rings. The van der Waals surface area contributed by atoms with Gasteiger partial charge in [0, 0.05) is 11.8 Å². The van der Waals surface area contributed by atoms with Gasteiger partial charge in [0.1, 0.15) is 28.7 Å². The summed E-state index contributed by atoms with van der Waals surface area (Å²) in [6.45, 7) is 5.72. The van der Waals surface area contributed by atoms with Crippen molar-refractivity contribution in [2.24, 2.45) is 0 Å². The highest BCUT2D eigenvalue weighted by Gasteiger charge is 2.22. The van der Waals surface area contributed by atoms with Gasteiger partial charge in [-0.15, -0.1) is 0 Å². The average Bonchev–Trinajstić information content (AvgIpc) is 2.72. The summed E-state index contributed by atoms with van der Waals surface area (Å²) in [6, 6.07) is 23.1. The van der Waals surface area contributed by atoms with Crippen LogP contribution in [0.4, 0.5) is 17.1 Å². The molecule has 0 radical (unpaired) electrons. The molecule has 162 valence electrons. The van der Waals surface area contributed by atoms with Crippen molar-refractivity contribution in [2.45, 2.75) is 20.8 Å². The van der Waals surface area contributed by atoms with Crippen molar-refractivity contribution in [2.75, 3.05) is 4.90 Å². The third-order valence-electron chi connectivity index (χ3n) is 5.25. The van der Waals surface area contributed by atoms with Crippen molar-refractivity contribution >= 4 is 17.1 Å². The van der Waals surface area contributed by atoms with Crippen LogP contribution in [0, 0.1) is 20.8 Å². The van der Waals surface area contributed by atoms with Gasteiger partial charge in [0.2, 0.25) is 0 Å². The molecule has 0 atom stereocenters. The van der Waals surface area contributed by atoms with E-state index in [2.05, 4.69) is 0 Å². The van der Waals surface area contributed by atoms with E-state index in [4.69, 9.17) is 4.74 Å². The number of nitrogens with zero attached hydrogens (tertiary/aromatic N) is 1. The van der Waals surface area contributed by atoms with Crippen LogP contribution in [0.25, 0.3) is 0 Å². The largest absolute Gasteiger partial charge is 0.508 e. The topological polar surface area (TPSA) is 73.2 Å². The van der Waals surface area contributed by atoms with Gasteiger partial charge in [-0.05, 0) is 86.0 Å². The van der Waals surface area contributed by atoms with E-state index >= 15 is 0 Å². The van der Waals surface area contributed by atoms with Crippen LogP contribution in [0.2, 0.25) is 0 Å². The third-order valence-corrected chi connectivity index (χ3v) is 5.25. The summed E-state index contributed by atoms with van der Waals surface area (Å²) in [7, 11) is 0. The van der Waals surface area contributed by atoms with Gasteiger partial charge in [-0.1, -0.05) is 24.3 Å². The van der Waals surface area contributed by atoms with Gasteiger partial charge in [-0.25, -0.2) is 0 Å². The fraction of sp³-hybridized carbons (Fsp3) is 0.111. The van der Waals surface area contributed by atoms with Crippen LogP contribution < -0.4 is 9.64 Å². The van der Waals surface area contributed by atoms with Crippen LogP contribution in [0.5, 0.6) is 28.7 Å². The van der Waals surface area contributed by atoms with Crippen molar-refractivity contribution < 1.29 is 20.1 Å². The minimum atomic E-state index is 0.114. The Bertz CT molecular complexity index is 1150. The molecule has 0 aliphatic rings. The predicted octanol–water partition coefficient (Wildman–Crippen LogP) is 6.99. The van der Waals surface area contributed by atoms with Gasteiger partial charge in [-0.3, -0.25) is 0 Å². The molecular weight excluding hydrogens is 402 g/mol. The van der Waals surface area contributed by atoms with Crippen molar-refractivity contribution in [3.8, 4) is 28.7 Å². The Labute approximate surface area is 187 Å². The molecule has 0 saturated heterocycles. The number of hydrogen-bond donors (Lipinski definition) is 3. The van der Waals surface area contributed by atoms with Gasteiger partial charge in [0.15, 0.2) is 0 Å². The number of phenols is 3. The van der Waals surface area contributed by atoms with Crippen LogP contribution in [0.15, 0.2) is 78.9 Å². The van der Waals surface area contributed by atoms with Crippen molar-refractivity contribution in [3.05, 3.63) is 95.6 Å². The van der Waals surface area contributed by atoms with Gasteiger partial charge in [-0.2, -0.15) is 0 Å². The molecule has 0 bridgehead atoms. The van der Waals surface area contributed by atoms with E-state index in [0.717, 1.165) is 22.4 Å². The molecule has 4 aromatic rings. The Balaban J connectivity index is 1.78. The van der Waals surface area contributed by atoms with Gasteiger partial charge in [0.05, 0.1) is 11.4 Å². The molecule has 5 nitrogen and oxygen atoms in total. The van der Waals surface area contributed by atoms with Crippen molar-refractivity contribution in [1.29, 1.82) is 0 Å². The monoisotopic (exact) mass is 427 g/mol. The first kappa shape index (κ1) is 21.1. The number of aryl methyl sites for hydroxylation is 3. The molecule has 4 aromatic carbocycles. The number of aromatic hydroxyl groups is 3. The van der Waals surface area contributed by atoms with E-state index in [1.54, 1.807) is 36.4 Å². The van der Waals surface area contributed by atoms with E-state index in [9.17, 15) is 15.3 Å². The fourth-order valence-electron chi connectivity index (χ4n) is 3.83. The molecule has 0 spiro atoms. The SMILES string of the molecule is Cc1cc(O)cc(Oc2ccc(N(c3c(C)cccc3O)c3c(C)cccc3O)cc2)c1. The number of hydrogen-bond acceptors (Lipinski definition) is 5. The molecule has 0 aromatic heterocycles.